The minimum absolute atomic E-state index is 0.202. The van der Waals surface area contributed by atoms with E-state index in [9.17, 15) is 35.1 Å². The highest BCUT2D eigenvalue weighted by atomic mass is 16.7. The third-order valence-electron chi connectivity index (χ3n) is 9.17. The number of rotatable bonds is 30. The van der Waals surface area contributed by atoms with Crippen molar-refractivity contribution in [3.63, 3.8) is 0 Å². The summed E-state index contributed by atoms with van der Waals surface area (Å²) in [6.07, 6.45) is 17.3. The van der Waals surface area contributed by atoms with Crippen LogP contribution < -0.4 is 5.32 Å². The van der Waals surface area contributed by atoms with Gasteiger partial charge in [-0.2, -0.15) is 0 Å². The number of ether oxygens (including phenoxy) is 2. The number of nitrogens with one attached hydrogen (secondary N) is 1. The van der Waals surface area contributed by atoms with Gasteiger partial charge in [0.05, 0.1) is 18.8 Å². The van der Waals surface area contributed by atoms with Gasteiger partial charge in [-0.05, 0) is 12.8 Å². The van der Waals surface area contributed by atoms with E-state index < -0.39 is 48.8 Å². The van der Waals surface area contributed by atoms with Crippen LogP contribution in [0.2, 0.25) is 0 Å². The van der Waals surface area contributed by atoms with Crippen molar-refractivity contribution in [3.05, 3.63) is 0 Å². The van der Waals surface area contributed by atoms with Crippen LogP contribution in [0.1, 0.15) is 168 Å². The Bertz CT molecular complexity index is 755. The monoisotopic (exact) mass is 659 g/mol. The summed E-state index contributed by atoms with van der Waals surface area (Å²) in [7, 11) is 0. The number of carboxylic acid groups (broad SMARTS) is 1. The van der Waals surface area contributed by atoms with Gasteiger partial charge in [0.2, 0.25) is 5.91 Å². The van der Waals surface area contributed by atoms with Crippen LogP contribution in [0.4, 0.5) is 0 Å². The number of carbonyl (C=O) groups excluding carboxylic acids is 1. The van der Waals surface area contributed by atoms with Crippen LogP contribution in [0.25, 0.3) is 0 Å². The van der Waals surface area contributed by atoms with Crippen molar-refractivity contribution in [2.75, 3.05) is 6.61 Å². The third-order valence-corrected chi connectivity index (χ3v) is 9.17. The Morgan fingerprint density at radius 3 is 1.54 bits per heavy atom. The minimum Gasteiger partial charge on any atom is -0.479 e. The molecule has 0 aromatic rings. The number of carboxylic acids is 1. The number of aliphatic carboxylic acids is 1. The average molecular weight is 660 g/mol. The summed E-state index contributed by atoms with van der Waals surface area (Å²) < 4.78 is 10.8. The standard InChI is InChI=1S/C36H69NO9/c1-3-5-7-9-11-13-15-17-19-21-23-25-29(38)28(27-45-36-33(42)31(40)32(41)34(46-36)35(43)44)37-30(39)26-24-22-20-18-16-14-12-10-8-6-4-2/h28-29,31-34,36,38,40-42H,3-27H2,1-2H3,(H,37,39)(H,43,44)/t28-,29+,31-,32-,33+,34-,36-/m0/s1. The van der Waals surface area contributed by atoms with E-state index in [-0.39, 0.29) is 12.5 Å². The van der Waals surface area contributed by atoms with E-state index in [1.54, 1.807) is 0 Å². The highest BCUT2D eigenvalue weighted by molar-refractivity contribution is 5.76. The second-order valence-electron chi connectivity index (χ2n) is 13.4. The average Bonchev–Trinajstić information content (AvgIpc) is 3.03. The molecule has 0 bridgehead atoms. The van der Waals surface area contributed by atoms with Crippen molar-refractivity contribution in [2.24, 2.45) is 0 Å². The van der Waals surface area contributed by atoms with Gasteiger partial charge in [-0.1, -0.05) is 149 Å². The van der Waals surface area contributed by atoms with Crippen LogP contribution in [0.5, 0.6) is 0 Å². The van der Waals surface area contributed by atoms with Crippen LogP contribution in [-0.2, 0) is 19.1 Å². The van der Waals surface area contributed by atoms with Gasteiger partial charge in [-0.3, -0.25) is 4.79 Å². The molecule has 10 nitrogen and oxygen atoms in total. The molecule has 1 heterocycles. The zero-order chi connectivity index (χ0) is 34.0. The maximum atomic E-state index is 12.8. The van der Waals surface area contributed by atoms with Crippen molar-refractivity contribution in [1.82, 2.24) is 5.32 Å². The molecule has 0 unspecified atom stereocenters. The Balaban J connectivity index is 2.49. The van der Waals surface area contributed by atoms with Gasteiger partial charge in [-0.15, -0.1) is 0 Å². The van der Waals surface area contributed by atoms with Crippen LogP contribution >= 0.6 is 0 Å². The van der Waals surface area contributed by atoms with E-state index in [4.69, 9.17) is 9.47 Å². The van der Waals surface area contributed by atoms with Crippen LogP contribution in [0.3, 0.4) is 0 Å². The summed E-state index contributed by atoms with van der Waals surface area (Å²) in [5, 5.41) is 53.6. The topological polar surface area (TPSA) is 166 Å². The molecule has 7 atom stereocenters. The SMILES string of the molecule is CCCCCCCCCCCCCC(=O)N[C@@H](CO[C@H]1O[C@H](C(=O)O)[C@@H](O)[C@H](O)[C@H]1O)[C@H](O)CCCCCCCCCCCCC. The number of hydrogen-bond acceptors (Lipinski definition) is 8. The normalized spacial score (nSPS) is 22.9. The molecule has 6 N–H and O–H groups in total. The molecular weight excluding hydrogens is 590 g/mol. The van der Waals surface area contributed by atoms with Crippen molar-refractivity contribution in [2.45, 2.75) is 211 Å². The summed E-state index contributed by atoms with van der Waals surface area (Å²) in [5.74, 6) is -1.70. The molecule has 0 saturated carbocycles. The first-order chi connectivity index (χ1) is 22.2. The van der Waals surface area contributed by atoms with Gasteiger partial charge in [0, 0.05) is 6.42 Å². The maximum absolute atomic E-state index is 12.8. The van der Waals surface area contributed by atoms with Gasteiger partial charge in [-0.25, -0.2) is 4.79 Å². The fourth-order valence-corrected chi connectivity index (χ4v) is 6.08. The summed E-state index contributed by atoms with van der Waals surface area (Å²) in [6.45, 7) is 4.20. The first kappa shape index (κ1) is 42.7. The Kier molecular flexibility index (Phi) is 25.7. The quantitative estimate of drug-likeness (QED) is 0.0497. The molecule has 0 aromatic carbocycles. The van der Waals surface area contributed by atoms with Crippen LogP contribution in [0.15, 0.2) is 0 Å². The fourth-order valence-electron chi connectivity index (χ4n) is 6.08. The number of amides is 1. The lowest BCUT2D eigenvalue weighted by Gasteiger charge is -2.39. The van der Waals surface area contributed by atoms with E-state index in [0.29, 0.717) is 12.8 Å². The summed E-state index contributed by atoms with van der Waals surface area (Å²) in [6, 6.07) is -0.800. The van der Waals surface area contributed by atoms with E-state index in [1.165, 1.54) is 103 Å². The highest BCUT2D eigenvalue weighted by Gasteiger charge is 2.47. The summed E-state index contributed by atoms with van der Waals surface area (Å²) >= 11 is 0. The lowest BCUT2D eigenvalue weighted by atomic mass is 9.99. The molecule has 1 saturated heterocycles. The molecular formula is C36H69NO9. The zero-order valence-electron chi connectivity index (χ0n) is 29.1. The predicted molar refractivity (Wildman–Crippen MR) is 180 cm³/mol. The zero-order valence-corrected chi connectivity index (χ0v) is 29.1. The first-order valence-electron chi connectivity index (χ1n) is 18.7. The van der Waals surface area contributed by atoms with Gasteiger partial charge < -0.3 is 40.3 Å². The molecule has 0 aromatic heterocycles. The van der Waals surface area contributed by atoms with Crippen molar-refractivity contribution < 1.29 is 44.6 Å². The number of aliphatic hydroxyl groups excluding tert-OH is 4. The Morgan fingerprint density at radius 1 is 0.652 bits per heavy atom. The summed E-state index contributed by atoms with van der Waals surface area (Å²) in [5.41, 5.74) is 0. The first-order valence-corrected chi connectivity index (χ1v) is 18.7. The molecule has 272 valence electrons. The van der Waals surface area contributed by atoms with E-state index in [0.717, 1.165) is 38.5 Å². The van der Waals surface area contributed by atoms with Gasteiger partial charge in [0.1, 0.15) is 18.3 Å². The van der Waals surface area contributed by atoms with Gasteiger partial charge in [0.25, 0.3) is 0 Å². The molecule has 1 aliphatic rings. The predicted octanol–water partition coefficient (Wildman–Crippen LogP) is 6.14. The Hall–Kier alpha value is -1.30. The summed E-state index contributed by atoms with van der Waals surface area (Å²) in [4.78, 5) is 24.3. The number of carbonyl (C=O) groups is 2. The second-order valence-corrected chi connectivity index (χ2v) is 13.4. The van der Waals surface area contributed by atoms with Crippen LogP contribution in [0, 0.1) is 0 Å². The van der Waals surface area contributed by atoms with E-state index in [1.807, 2.05) is 0 Å². The molecule has 0 aliphatic carbocycles. The van der Waals surface area contributed by atoms with Crippen molar-refractivity contribution in [1.29, 1.82) is 0 Å². The van der Waals surface area contributed by atoms with E-state index >= 15 is 0 Å². The Labute approximate surface area is 279 Å². The number of hydrogen-bond donors (Lipinski definition) is 6. The highest BCUT2D eigenvalue weighted by Crippen LogP contribution is 2.23. The molecule has 0 radical (unpaired) electrons. The fraction of sp³-hybridized carbons (Fsp3) is 0.944. The lowest BCUT2D eigenvalue weighted by Crippen LogP contribution is -2.61. The lowest BCUT2D eigenvalue weighted by molar-refractivity contribution is -0.295. The van der Waals surface area contributed by atoms with Crippen molar-refractivity contribution >= 4 is 11.9 Å². The maximum Gasteiger partial charge on any atom is 0.335 e. The molecule has 1 amide bonds. The second kappa shape index (κ2) is 27.6. The van der Waals surface area contributed by atoms with Gasteiger partial charge >= 0.3 is 5.97 Å². The largest absolute Gasteiger partial charge is 0.479 e. The smallest absolute Gasteiger partial charge is 0.335 e. The molecule has 10 heteroatoms. The Morgan fingerprint density at radius 2 is 1.09 bits per heavy atom. The van der Waals surface area contributed by atoms with E-state index in [2.05, 4.69) is 19.2 Å². The molecule has 1 aliphatic heterocycles. The molecule has 1 fully saturated rings. The molecule has 0 spiro atoms. The number of unbranched alkanes of at least 4 members (excludes halogenated alkanes) is 20. The number of aliphatic hydroxyl groups is 4. The van der Waals surface area contributed by atoms with Crippen molar-refractivity contribution in [3.8, 4) is 0 Å². The third kappa shape index (κ3) is 19.5. The molecule has 46 heavy (non-hydrogen) atoms. The van der Waals surface area contributed by atoms with Crippen LogP contribution in [-0.4, -0.2) is 86.9 Å². The molecule has 1 rings (SSSR count). The van der Waals surface area contributed by atoms with Gasteiger partial charge in [0.15, 0.2) is 12.4 Å². The minimum atomic E-state index is -1.82.